The number of ether oxygens (including phenoxy) is 2. The quantitative estimate of drug-likeness (QED) is 0.259. The number of benzene rings is 1. The van der Waals surface area contributed by atoms with Crippen LogP contribution in [0.5, 0.6) is 0 Å². The summed E-state index contributed by atoms with van der Waals surface area (Å²) < 4.78 is 10.2. The second-order valence-electron chi connectivity index (χ2n) is 9.34. The number of amides is 4. The Hall–Kier alpha value is -4.07. The van der Waals surface area contributed by atoms with Crippen LogP contribution in [-0.2, 0) is 28.7 Å². The van der Waals surface area contributed by atoms with Gasteiger partial charge in [-0.3, -0.25) is 19.2 Å². The van der Waals surface area contributed by atoms with Crippen LogP contribution >= 0.6 is 0 Å². The number of nitrogens with two attached hydrogens (primary N) is 1. The summed E-state index contributed by atoms with van der Waals surface area (Å²) in [5.74, 6) is 0.193. The lowest BCUT2D eigenvalue weighted by Crippen LogP contribution is -2.53. The Balaban J connectivity index is 3.32. The molecule has 0 bridgehead atoms. The molecule has 4 amide bonds. The first-order valence-corrected chi connectivity index (χ1v) is 12.4. The molecule has 38 heavy (non-hydrogen) atoms. The van der Waals surface area contributed by atoms with Gasteiger partial charge in [-0.05, 0) is 58.7 Å². The van der Waals surface area contributed by atoms with Gasteiger partial charge in [-0.25, -0.2) is 4.79 Å². The largest absolute Gasteiger partial charge is 0.466 e. The van der Waals surface area contributed by atoms with Crippen LogP contribution in [-0.4, -0.2) is 66.0 Å². The number of alkyl carbamates (subject to hydrolysis) is 1. The average molecular weight is 531 g/mol. The smallest absolute Gasteiger partial charge is 0.408 e. The van der Waals surface area contributed by atoms with Gasteiger partial charge in [0.05, 0.1) is 13.0 Å². The topological polar surface area (TPSA) is 157 Å². The molecule has 0 spiro atoms. The maximum absolute atomic E-state index is 13.7. The molecule has 2 unspecified atom stereocenters. The van der Waals surface area contributed by atoms with Gasteiger partial charge in [0.15, 0.2) is 0 Å². The van der Waals surface area contributed by atoms with Crippen LogP contribution in [0.1, 0.15) is 71.0 Å². The van der Waals surface area contributed by atoms with Crippen molar-refractivity contribution in [3.8, 4) is 12.3 Å². The van der Waals surface area contributed by atoms with E-state index in [1.807, 2.05) is 0 Å². The molecular formula is C27H38N4O7. The molecule has 208 valence electrons. The van der Waals surface area contributed by atoms with Crippen molar-refractivity contribution in [2.24, 2.45) is 5.73 Å². The lowest BCUT2D eigenvalue weighted by atomic mass is 10.0. The Morgan fingerprint density at radius 1 is 1.08 bits per heavy atom. The van der Waals surface area contributed by atoms with Crippen LogP contribution < -0.4 is 16.4 Å². The highest BCUT2D eigenvalue weighted by Gasteiger charge is 2.35. The summed E-state index contributed by atoms with van der Waals surface area (Å²) in [6.07, 6.45) is 4.26. The van der Waals surface area contributed by atoms with E-state index in [-0.39, 0.29) is 39.0 Å². The second-order valence-corrected chi connectivity index (χ2v) is 9.34. The maximum Gasteiger partial charge on any atom is 0.408 e. The van der Waals surface area contributed by atoms with Crippen LogP contribution in [0, 0.1) is 12.3 Å². The Bertz CT molecular complexity index is 1030. The van der Waals surface area contributed by atoms with E-state index in [2.05, 4.69) is 16.6 Å². The van der Waals surface area contributed by atoms with E-state index in [4.69, 9.17) is 21.6 Å². The van der Waals surface area contributed by atoms with Crippen LogP contribution in [0.4, 0.5) is 4.79 Å². The Labute approximate surface area is 223 Å². The summed E-state index contributed by atoms with van der Waals surface area (Å²) in [6, 6.07) is 4.20. The first-order chi connectivity index (χ1) is 17.8. The minimum atomic E-state index is -1.20. The minimum Gasteiger partial charge on any atom is -0.466 e. The average Bonchev–Trinajstić information content (AvgIpc) is 2.83. The summed E-state index contributed by atoms with van der Waals surface area (Å²) in [6.45, 7) is 8.64. The summed E-state index contributed by atoms with van der Waals surface area (Å²) in [5, 5.41) is 5.17. The van der Waals surface area contributed by atoms with Crippen molar-refractivity contribution in [3.63, 3.8) is 0 Å². The fourth-order valence-electron chi connectivity index (χ4n) is 3.51. The molecule has 1 aromatic carbocycles. The number of hydrogen-bond acceptors (Lipinski definition) is 7. The SMILES string of the molecule is C#Cc1ccc(C(C(=O)NCCC(=O)OCC)N(CC)C(=O)C(CCC(N)=O)NC(=O)OC(C)(C)C)cc1. The molecule has 0 aliphatic heterocycles. The van der Waals surface area contributed by atoms with Gasteiger partial charge in [0.1, 0.15) is 17.7 Å². The van der Waals surface area contributed by atoms with E-state index in [9.17, 15) is 24.0 Å². The third kappa shape index (κ3) is 10.9. The van der Waals surface area contributed by atoms with Gasteiger partial charge >= 0.3 is 12.1 Å². The maximum atomic E-state index is 13.7. The number of primary amides is 1. The van der Waals surface area contributed by atoms with E-state index in [0.717, 1.165) is 0 Å². The molecule has 2 atom stereocenters. The molecule has 0 radical (unpaired) electrons. The fourth-order valence-corrected chi connectivity index (χ4v) is 3.51. The molecule has 0 aliphatic carbocycles. The zero-order chi connectivity index (χ0) is 28.9. The van der Waals surface area contributed by atoms with Crippen molar-refractivity contribution in [3.05, 3.63) is 35.4 Å². The van der Waals surface area contributed by atoms with Crippen molar-refractivity contribution in [2.75, 3.05) is 19.7 Å². The Morgan fingerprint density at radius 3 is 2.21 bits per heavy atom. The van der Waals surface area contributed by atoms with Crippen molar-refractivity contribution in [1.29, 1.82) is 0 Å². The normalized spacial score (nSPS) is 12.3. The lowest BCUT2D eigenvalue weighted by Gasteiger charge is -2.33. The molecule has 4 N–H and O–H groups in total. The molecule has 1 rings (SSSR count). The van der Waals surface area contributed by atoms with Gasteiger partial charge in [0, 0.05) is 25.1 Å². The van der Waals surface area contributed by atoms with E-state index >= 15 is 0 Å². The van der Waals surface area contributed by atoms with Crippen molar-refractivity contribution in [1.82, 2.24) is 15.5 Å². The van der Waals surface area contributed by atoms with Crippen LogP contribution in [0.15, 0.2) is 24.3 Å². The molecule has 11 heteroatoms. The zero-order valence-corrected chi connectivity index (χ0v) is 22.7. The summed E-state index contributed by atoms with van der Waals surface area (Å²) in [5.41, 5.74) is 5.49. The van der Waals surface area contributed by atoms with E-state index in [1.165, 1.54) is 4.90 Å². The highest BCUT2D eigenvalue weighted by Crippen LogP contribution is 2.24. The minimum absolute atomic E-state index is 0.0103. The molecule has 11 nitrogen and oxygen atoms in total. The van der Waals surface area contributed by atoms with Gasteiger partial charge < -0.3 is 30.7 Å². The van der Waals surface area contributed by atoms with Gasteiger partial charge in [0.2, 0.25) is 17.7 Å². The third-order valence-corrected chi connectivity index (χ3v) is 5.18. The van der Waals surface area contributed by atoms with Crippen LogP contribution in [0.25, 0.3) is 0 Å². The Kier molecular flexibility index (Phi) is 12.8. The predicted molar refractivity (Wildman–Crippen MR) is 140 cm³/mol. The summed E-state index contributed by atoms with van der Waals surface area (Å²) in [4.78, 5) is 64.0. The standard InChI is InChI=1S/C27H38N4O7/c1-7-18-10-12-19(13-11-18)23(24(34)29-17-16-22(33)37-9-3)31(8-2)25(35)20(14-15-21(28)32)30-26(36)38-27(4,5)6/h1,10-13,20,23H,8-9,14-17H2,2-6H3,(H2,28,32)(H,29,34)(H,30,36). The van der Waals surface area contributed by atoms with Gasteiger partial charge in [-0.15, -0.1) is 6.42 Å². The zero-order valence-electron chi connectivity index (χ0n) is 22.7. The van der Waals surface area contributed by atoms with Crippen LogP contribution in [0.3, 0.4) is 0 Å². The van der Waals surface area contributed by atoms with E-state index in [1.54, 1.807) is 58.9 Å². The van der Waals surface area contributed by atoms with E-state index in [0.29, 0.717) is 11.1 Å². The molecule has 0 saturated heterocycles. The number of nitrogens with zero attached hydrogens (tertiary/aromatic N) is 1. The van der Waals surface area contributed by atoms with Gasteiger partial charge in [-0.2, -0.15) is 0 Å². The van der Waals surface area contributed by atoms with Crippen molar-refractivity contribution >= 4 is 29.8 Å². The van der Waals surface area contributed by atoms with Gasteiger partial charge in [-0.1, -0.05) is 18.1 Å². The number of nitrogens with one attached hydrogen (secondary N) is 2. The van der Waals surface area contributed by atoms with E-state index < -0.39 is 47.5 Å². The highest BCUT2D eigenvalue weighted by molar-refractivity contribution is 5.92. The lowest BCUT2D eigenvalue weighted by molar-refractivity contribution is -0.144. The number of rotatable bonds is 13. The first-order valence-electron chi connectivity index (χ1n) is 12.4. The van der Waals surface area contributed by atoms with Crippen molar-refractivity contribution in [2.45, 2.75) is 71.6 Å². The highest BCUT2D eigenvalue weighted by atomic mass is 16.6. The Morgan fingerprint density at radius 2 is 1.71 bits per heavy atom. The molecule has 0 aliphatic rings. The molecule has 0 heterocycles. The number of carbonyl (C=O) groups excluding carboxylic acids is 5. The first kappa shape index (κ1) is 32.0. The monoisotopic (exact) mass is 530 g/mol. The molecule has 1 aromatic rings. The molecule has 0 fully saturated rings. The van der Waals surface area contributed by atoms with Gasteiger partial charge in [0.25, 0.3) is 0 Å². The third-order valence-electron chi connectivity index (χ3n) is 5.18. The molecular weight excluding hydrogens is 492 g/mol. The fraction of sp³-hybridized carbons (Fsp3) is 0.519. The summed E-state index contributed by atoms with van der Waals surface area (Å²) >= 11 is 0. The van der Waals surface area contributed by atoms with Crippen LogP contribution in [0.2, 0.25) is 0 Å². The number of carbonyl (C=O) groups is 5. The summed E-state index contributed by atoms with van der Waals surface area (Å²) in [7, 11) is 0. The number of likely N-dealkylation sites (N-methyl/N-ethyl adjacent to an activating group) is 1. The number of terminal acetylenes is 1. The molecule has 0 saturated carbocycles. The molecule has 0 aromatic heterocycles. The number of esters is 1. The second kappa shape index (κ2) is 15.2. The predicted octanol–water partition coefficient (Wildman–Crippen LogP) is 1.79. The number of hydrogen-bond donors (Lipinski definition) is 3. The van der Waals surface area contributed by atoms with Crippen molar-refractivity contribution < 1.29 is 33.4 Å².